The van der Waals surface area contributed by atoms with Crippen molar-refractivity contribution in [2.24, 2.45) is 0 Å². The maximum atomic E-state index is 13.0. The van der Waals surface area contributed by atoms with Crippen molar-refractivity contribution in [1.82, 2.24) is 14.3 Å². The Morgan fingerprint density at radius 1 is 1.03 bits per heavy atom. The van der Waals surface area contributed by atoms with Crippen LogP contribution in [0.2, 0.25) is 0 Å². The molecule has 1 amide bonds. The Balaban J connectivity index is 1.32. The van der Waals surface area contributed by atoms with Gasteiger partial charge in [0.25, 0.3) is 5.91 Å². The second-order valence-corrected chi connectivity index (χ2v) is 9.52. The Bertz CT molecular complexity index is 1200. The summed E-state index contributed by atoms with van der Waals surface area (Å²) >= 11 is 0. The minimum atomic E-state index is -3.63. The number of para-hydroxylation sites is 1. The minimum Gasteiger partial charge on any atom is -0.483 e. The maximum Gasteiger partial charge on any atom is 0.262 e. The van der Waals surface area contributed by atoms with Crippen molar-refractivity contribution in [3.8, 4) is 5.75 Å². The van der Waals surface area contributed by atoms with Gasteiger partial charge in [-0.1, -0.05) is 18.2 Å². The van der Waals surface area contributed by atoms with Gasteiger partial charge in [-0.2, -0.15) is 4.31 Å². The molecule has 0 unspecified atom stereocenters. The van der Waals surface area contributed by atoms with Crippen LogP contribution in [0.4, 0.5) is 11.5 Å². The molecule has 0 radical (unpaired) electrons. The number of benzene rings is 2. The number of rotatable bonds is 7. The number of carbonyl (C=O) groups excluding carboxylic acids is 1. The second-order valence-electron chi connectivity index (χ2n) is 7.58. The summed E-state index contributed by atoms with van der Waals surface area (Å²) in [5.74, 6) is 1.06. The fraction of sp³-hybridized carbons (Fsp3) is 0.261. The van der Waals surface area contributed by atoms with Crippen LogP contribution in [0.3, 0.4) is 0 Å². The van der Waals surface area contributed by atoms with E-state index in [2.05, 4.69) is 15.3 Å². The van der Waals surface area contributed by atoms with E-state index in [0.717, 1.165) is 11.4 Å². The largest absolute Gasteiger partial charge is 0.483 e. The average Bonchev–Trinajstić information content (AvgIpc) is 2.84. The number of hydrogen-bond acceptors (Lipinski definition) is 7. The smallest absolute Gasteiger partial charge is 0.262 e. The number of nitrogens with zero attached hydrogens (tertiary/aromatic N) is 4. The molecule has 1 saturated heterocycles. The zero-order chi connectivity index (χ0) is 23.3. The van der Waals surface area contributed by atoms with Crippen LogP contribution in [0.25, 0.3) is 0 Å². The van der Waals surface area contributed by atoms with E-state index >= 15 is 0 Å². The van der Waals surface area contributed by atoms with E-state index in [1.807, 2.05) is 30.0 Å². The first-order valence-electron chi connectivity index (χ1n) is 10.5. The van der Waals surface area contributed by atoms with Crippen molar-refractivity contribution >= 4 is 27.4 Å². The van der Waals surface area contributed by atoms with Gasteiger partial charge in [0.15, 0.2) is 6.61 Å². The summed E-state index contributed by atoms with van der Waals surface area (Å²) in [6.45, 7) is 3.55. The number of ether oxygens (including phenoxy) is 1. The first-order chi connectivity index (χ1) is 15.9. The lowest BCUT2D eigenvalue weighted by Gasteiger charge is -2.34. The monoisotopic (exact) mass is 467 g/mol. The number of sulfonamides is 1. The first kappa shape index (κ1) is 22.7. The zero-order valence-corrected chi connectivity index (χ0v) is 19.0. The predicted molar refractivity (Wildman–Crippen MR) is 125 cm³/mol. The second kappa shape index (κ2) is 9.97. The SMILES string of the molecule is Cc1ccccc1OCC(=O)Nc1ccc(S(=O)(=O)N2CCN(c3cnccn3)CC2)cc1. The molecule has 1 aliphatic heterocycles. The maximum absolute atomic E-state index is 13.0. The lowest BCUT2D eigenvalue weighted by Crippen LogP contribution is -2.48. The lowest BCUT2D eigenvalue weighted by molar-refractivity contribution is -0.118. The van der Waals surface area contributed by atoms with Crippen molar-refractivity contribution in [3.63, 3.8) is 0 Å². The van der Waals surface area contributed by atoms with Gasteiger partial charge < -0.3 is 15.0 Å². The van der Waals surface area contributed by atoms with E-state index < -0.39 is 10.0 Å². The first-order valence-corrected chi connectivity index (χ1v) is 12.0. The molecule has 1 aliphatic rings. The fourth-order valence-electron chi connectivity index (χ4n) is 3.53. The van der Waals surface area contributed by atoms with E-state index in [0.29, 0.717) is 37.6 Å². The Morgan fingerprint density at radius 2 is 1.76 bits per heavy atom. The van der Waals surface area contributed by atoms with Crippen molar-refractivity contribution in [3.05, 3.63) is 72.7 Å². The summed E-state index contributed by atoms with van der Waals surface area (Å²) < 4.78 is 33.1. The summed E-state index contributed by atoms with van der Waals surface area (Å²) in [5.41, 5.74) is 1.44. The molecule has 1 N–H and O–H groups in total. The number of nitrogens with one attached hydrogen (secondary N) is 1. The Hall–Kier alpha value is -3.50. The molecule has 9 nitrogen and oxygen atoms in total. The summed E-state index contributed by atoms with van der Waals surface area (Å²) in [6, 6.07) is 13.6. The molecule has 0 saturated carbocycles. The van der Waals surface area contributed by atoms with Crippen LogP contribution in [-0.4, -0.2) is 61.4 Å². The highest BCUT2D eigenvalue weighted by molar-refractivity contribution is 7.89. The molecule has 4 rings (SSSR count). The molecule has 172 valence electrons. The van der Waals surface area contributed by atoms with E-state index in [-0.39, 0.29) is 17.4 Å². The molecule has 3 aromatic rings. The van der Waals surface area contributed by atoms with Crippen LogP contribution in [0, 0.1) is 6.92 Å². The van der Waals surface area contributed by atoms with Gasteiger partial charge in [-0.25, -0.2) is 13.4 Å². The normalized spacial score (nSPS) is 14.6. The number of amides is 1. The van der Waals surface area contributed by atoms with E-state index in [9.17, 15) is 13.2 Å². The number of carbonyl (C=O) groups is 1. The molecule has 0 atom stereocenters. The third kappa shape index (κ3) is 5.47. The van der Waals surface area contributed by atoms with Gasteiger partial charge in [0.2, 0.25) is 10.0 Å². The average molecular weight is 468 g/mol. The molecule has 2 aromatic carbocycles. The summed E-state index contributed by atoms with van der Waals surface area (Å²) in [5, 5.41) is 2.72. The van der Waals surface area contributed by atoms with Crippen LogP contribution in [0.5, 0.6) is 5.75 Å². The third-order valence-electron chi connectivity index (χ3n) is 5.34. The molecular weight excluding hydrogens is 442 g/mol. The molecule has 1 fully saturated rings. The highest BCUT2D eigenvalue weighted by atomic mass is 32.2. The van der Waals surface area contributed by atoms with Gasteiger partial charge >= 0.3 is 0 Å². The Morgan fingerprint density at radius 3 is 2.42 bits per heavy atom. The highest BCUT2D eigenvalue weighted by Crippen LogP contribution is 2.21. The number of aromatic nitrogens is 2. The molecule has 0 bridgehead atoms. The Labute approximate surface area is 193 Å². The van der Waals surface area contributed by atoms with Crippen LogP contribution < -0.4 is 15.0 Å². The number of anilines is 2. The van der Waals surface area contributed by atoms with E-state index in [1.54, 1.807) is 36.8 Å². The van der Waals surface area contributed by atoms with Crippen LogP contribution in [0.1, 0.15) is 5.56 Å². The molecule has 1 aromatic heterocycles. The molecular formula is C23H25N5O4S. The van der Waals surface area contributed by atoms with Crippen LogP contribution >= 0.6 is 0 Å². The third-order valence-corrected chi connectivity index (χ3v) is 7.25. The number of aryl methyl sites for hydroxylation is 1. The molecule has 33 heavy (non-hydrogen) atoms. The summed E-state index contributed by atoms with van der Waals surface area (Å²) in [7, 11) is -3.63. The Kier molecular flexibility index (Phi) is 6.85. The zero-order valence-electron chi connectivity index (χ0n) is 18.2. The highest BCUT2D eigenvalue weighted by Gasteiger charge is 2.29. The molecule has 10 heteroatoms. The number of piperazine rings is 1. The van der Waals surface area contributed by atoms with Gasteiger partial charge in [0, 0.05) is 44.3 Å². The van der Waals surface area contributed by atoms with Crippen molar-refractivity contribution in [2.45, 2.75) is 11.8 Å². The van der Waals surface area contributed by atoms with Gasteiger partial charge in [-0.15, -0.1) is 0 Å². The minimum absolute atomic E-state index is 0.138. The molecule has 0 spiro atoms. The van der Waals surface area contributed by atoms with Crippen LogP contribution in [-0.2, 0) is 14.8 Å². The standard InChI is InChI=1S/C23H25N5O4S/c1-18-4-2-3-5-21(18)32-17-23(29)26-19-6-8-20(9-7-19)33(30,31)28-14-12-27(13-15-28)22-16-24-10-11-25-22/h2-11,16H,12-15,17H2,1H3,(H,26,29). The van der Waals surface area contributed by atoms with Crippen LogP contribution in [0.15, 0.2) is 72.0 Å². The topological polar surface area (TPSA) is 105 Å². The summed E-state index contributed by atoms with van der Waals surface area (Å²) in [4.78, 5) is 22.7. The van der Waals surface area contributed by atoms with Gasteiger partial charge in [0.05, 0.1) is 11.1 Å². The van der Waals surface area contributed by atoms with E-state index in [4.69, 9.17) is 4.74 Å². The van der Waals surface area contributed by atoms with Gasteiger partial charge in [0.1, 0.15) is 11.6 Å². The fourth-order valence-corrected chi connectivity index (χ4v) is 4.95. The summed E-state index contributed by atoms with van der Waals surface area (Å²) in [6.07, 6.45) is 4.89. The number of hydrogen-bond donors (Lipinski definition) is 1. The van der Waals surface area contributed by atoms with E-state index in [1.165, 1.54) is 16.4 Å². The van der Waals surface area contributed by atoms with Crippen molar-refractivity contribution < 1.29 is 17.9 Å². The lowest BCUT2D eigenvalue weighted by atomic mass is 10.2. The van der Waals surface area contributed by atoms with Crippen molar-refractivity contribution in [2.75, 3.05) is 43.0 Å². The molecule has 2 heterocycles. The van der Waals surface area contributed by atoms with Gasteiger partial charge in [-0.05, 0) is 42.8 Å². The quantitative estimate of drug-likeness (QED) is 0.569. The van der Waals surface area contributed by atoms with Gasteiger partial charge in [-0.3, -0.25) is 9.78 Å². The predicted octanol–water partition coefficient (Wildman–Crippen LogP) is 2.31. The van der Waals surface area contributed by atoms with Crippen molar-refractivity contribution in [1.29, 1.82) is 0 Å². The molecule has 0 aliphatic carbocycles.